The van der Waals surface area contributed by atoms with E-state index in [-0.39, 0.29) is 42.8 Å². The molecule has 2 aliphatic heterocycles. The summed E-state index contributed by atoms with van der Waals surface area (Å²) in [4.78, 5) is 42.5. The van der Waals surface area contributed by atoms with Crippen molar-refractivity contribution in [1.82, 2.24) is 10.2 Å². The standard InChI is InChI=1S/C24H33N3O4/c28-16-13-25-22(29)17-11-14-26(15-12-17)20-10-6-9-19-21(20)24(31)27(23(19)30)18-7-4-2-1-3-5-8-18/h6,9-10,17-18,28H,1-5,7-8,11-16H2,(H,25,29). The molecule has 1 aliphatic carbocycles. The van der Waals surface area contributed by atoms with Crippen LogP contribution in [0.25, 0.3) is 0 Å². The number of nitrogens with one attached hydrogen (secondary N) is 1. The van der Waals surface area contributed by atoms with Crippen molar-refractivity contribution >= 4 is 23.4 Å². The molecule has 0 atom stereocenters. The van der Waals surface area contributed by atoms with Crippen LogP contribution in [0.2, 0.25) is 0 Å². The third-order valence-electron chi connectivity index (χ3n) is 6.98. The van der Waals surface area contributed by atoms with Gasteiger partial charge >= 0.3 is 0 Å². The number of carbonyl (C=O) groups is 3. The Kier molecular flexibility index (Phi) is 6.90. The van der Waals surface area contributed by atoms with Crippen LogP contribution < -0.4 is 10.2 Å². The Hall–Kier alpha value is -2.41. The average Bonchev–Trinajstić information content (AvgIpc) is 3.03. The van der Waals surface area contributed by atoms with E-state index in [1.54, 1.807) is 6.07 Å². The van der Waals surface area contributed by atoms with Crippen LogP contribution in [0.4, 0.5) is 5.69 Å². The maximum Gasteiger partial charge on any atom is 0.263 e. The number of nitrogens with zero attached hydrogens (tertiary/aromatic N) is 2. The molecule has 0 aromatic heterocycles. The van der Waals surface area contributed by atoms with Crippen molar-refractivity contribution in [3.05, 3.63) is 29.3 Å². The molecular formula is C24H33N3O4. The highest BCUT2D eigenvalue weighted by Crippen LogP contribution is 2.36. The number of aliphatic hydroxyl groups excluding tert-OH is 1. The summed E-state index contributed by atoms with van der Waals surface area (Å²) < 4.78 is 0. The van der Waals surface area contributed by atoms with E-state index in [1.165, 1.54) is 24.2 Å². The van der Waals surface area contributed by atoms with Crippen molar-refractivity contribution in [1.29, 1.82) is 0 Å². The zero-order valence-electron chi connectivity index (χ0n) is 18.1. The monoisotopic (exact) mass is 427 g/mol. The normalized spacial score (nSPS) is 21.1. The fraction of sp³-hybridized carbons (Fsp3) is 0.625. The number of carbonyl (C=O) groups excluding carboxylic acids is 3. The Balaban J connectivity index is 1.49. The van der Waals surface area contributed by atoms with Crippen LogP contribution in [-0.4, -0.2) is 60.0 Å². The van der Waals surface area contributed by atoms with Crippen molar-refractivity contribution in [2.24, 2.45) is 5.92 Å². The van der Waals surface area contributed by atoms with Gasteiger partial charge in [0.25, 0.3) is 11.8 Å². The van der Waals surface area contributed by atoms with Crippen LogP contribution in [0, 0.1) is 5.92 Å². The second-order valence-corrected chi connectivity index (χ2v) is 8.95. The molecule has 7 nitrogen and oxygen atoms in total. The lowest BCUT2D eigenvalue weighted by atomic mass is 9.94. The number of hydrogen-bond donors (Lipinski definition) is 2. The molecule has 0 spiro atoms. The Labute approximate surface area is 183 Å². The number of piperidine rings is 1. The van der Waals surface area contributed by atoms with E-state index in [1.807, 2.05) is 12.1 Å². The minimum absolute atomic E-state index is 0.00140. The lowest BCUT2D eigenvalue weighted by Crippen LogP contribution is -2.42. The van der Waals surface area contributed by atoms with Crippen LogP contribution in [0.5, 0.6) is 0 Å². The summed E-state index contributed by atoms with van der Waals surface area (Å²) in [5.74, 6) is -0.397. The minimum Gasteiger partial charge on any atom is -0.395 e. The Morgan fingerprint density at radius 1 is 0.968 bits per heavy atom. The molecule has 168 valence electrons. The Morgan fingerprint density at radius 2 is 1.65 bits per heavy atom. The molecule has 2 fully saturated rings. The molecule has 0 unspecified atom stereocenters. The molecule has 2 heterocycles. The molecule has 1 saturated carbocycles. The van der Waals surface area contributed by atoms with Crippen LogP contribution in [0.3, 0.4) is 0 Å². The molecule has 1 aromatic rings. The summed E-state index contributed by atoms with van der Waals surface area (Å²) in [7, 11) is 0. The zero-order valence-corrected chi connectivity index (χ0v) is 18.1. The minimum atomic E-state index is -0.149. The van der Waals surface area contributed by atoms with Crippen molar-refractivity contribution in [3.63, 3.8) is 0 Å². The van der Waals surface area contributed by atoms with Crippen molar-refractivity contribution in [3.8, 4) is 0 Å². The highest BCUT2D eigenvalue weighted by atomic mass is 16.3. The van der Waals surface area contributed by atoms with Crippen molar-refractivity contribution in [2.45, 2.75) is 63.8 Å². The van der Waals surface area contributed by atoms with E-state index in [0.29, 0.717) is 37.1 Å². The molecule has 0 bridgehead atoms. The molecule has 7 heteroatoms. The summed E-state index contributed by atoms with van der Waals surface area (Å²) in [5.41, 5.74) is 1.88. The predicted molar refractivity (Wildman–Crippen MR) is 118 cm³/mol. The summed E-state index contributed by atoms with van der Waals surface area (Å²) >= 11 is 0. The smallest absolute Gasteiger partial charge is 0.263 e. The molecule has 3 amide bonds. The van der Waals surface area contributed by atoms with Crippen molar-refractivity contribution in [2.75, 3.05) is 31.1 Å². The van der Waals surface area contributed by atoms with Crippen LogP contribution in [0.1, 0.15) is 78.5 Å². The molecule has 31 heavy (non-hydrogen) atoms. The largest absolute Gasteiger partial charge is 0.395 e. The quantitative estimate of drug-likeness (QED) is 0.706. The first-order valence-electron chi connectivity index (χ1n) is 11.8. The summed E-state index contributed by atoms with van der Waals surface area (Å²) in [6, 6.07) is 5.57. The number of imide groups is 1. The lowest BCUT2D eigenvalue weighted by molar-refractivity contribution is -0.125. The Bertz CT molecular complexity index is 824. The van der Waals surface area contributed by atoms with Gasteiger partial charge in [0.1, 0.15) is 0 Å². The molecule has 1 aromatic carbocycles. The third-order valence-corrected chi connectivity index (χ3v) is 6.98. The summed E-state index contributed by atoms with van der Waals surface area (Å²) in [5, 5.41) is 11.6. The molecule has 0 radical (unpaired) electrons. The van der Waals surface area contributed by atoms with Gasteiger partial charge in [0.05, 0.1) is 23.4 Å². The predicted octanol–water partition coefficient (Wildman–Crippen LogP) is 2.72. The van der Waals surface area contributed by atoms with E-state index in [0.717, 1.165) is 31.4 Å². The first-order chi connectivity index (χ1) is 15.1. The number of aliphatic hydroxyl groups is 1. The summed E-state index contributed by atoms with van der Waals surface area (Å²) in [6.07, 6.45) is 8.90. The van der Waals surface area contributed by atoms with Crippen LogP contribution in [-0.2, 0) is 4.79 Å². The second-order valence-electron chi connectivity index (χ2n) is 8.95. The highest BCUT2D eigenvalue weighted by molar-refractivity contribution is 6.24. The maximum absolute atomic E-state index is 13.4. The van der Waals surface area contributed by atoms with E-state index in [2.05, 4.69) is 10.2 Å². The first-order valence-corrected chi connectivity index (χ1v) is 11.8. The zero-order chi connectivity index (χ0) is 21.8. The van der Waals surface area contributed by atoms with Crippen LogP contribution >= 0.6 is 0 Å². The van der Waals surface area contributed by atoms with E-state index >= 15 is 0 Å². The van der Waals surface area contributed by atoms with Crippen LogP contribution in [0.15, 0.2) is 18.2 Å². The number of benzene rings is 1. The first kappa shape index (κ1) is 21.8. The Morgan fingerprint density at radius 3 is 2.32 bits per heavy atom. The number of rotatable bonds is 5. The highest BCUT2D eigenvalue weighted by Gasteiger charge is 2.42. The molecule has 2 N–H and O–H groups in total. The lowest BCUT2D eigenvalue weighted by Gasteiger charge is -2.34. The maximum atomic E-state index is 13.4. The number of hydrogen-bond acceptors (Lipinski definition) is 5. The number of anilines is 1. The van der Waals surface area contributed by atoms with Gasteiger partial charge in [-0.1, -0.05) is 38.2 Å². The van der Waals surface area contributed by atoms with Gasteiger partial charge in [0, 0.05) is 31.6 Å². The molecule has 3 aliphatic rings. The molecule has 1 saturated heterocycles. The SMILES string of the molecule is O=C(NCCO)C1CCN(c2cccc3c2C(=O)N(C2CCCCCCC2)C3=O)CC1. The second kappa shape index (κ2) is 9.81. The summed E-state index contributed by atoms with van der Waals surface area (Å²) in [6.45, 7) is 1.55. The van der Waals surface area contributed by atoms with E-state index < -0.39 is 0 Å². The van der Waals surface area contributed by atoms with E-state index in [4.69, 9.17) is 5.11 Å². The van der Waals surface area contributed by atoms with Gasteiger partial charge in [-0.15, -0.1) is 0 Å². The van der Waals surface area contributed by atoms with Gasteiger partial charge in [-0.3, -0.25) is 19.3 Å². The number of amides is 3. The van der Waals surface area contributed by atoms with Gasteiger partial charge in [-0.25, -0.2) is 0 Å². The molecule has 4 rings (SSSR count). The fourth-order valence-electron chi connectivity index (χ4n) is 5.28. The topological polar surface area (TPSA) is 89.9 Å². The molecular weight excluding hydrogens is 394 g/mol. The average molecular weight is 428 g/mol. The fourth-order valence-corrected chi connectivity index (χ4v) is 5.28. The third kappa shape index (κ3) is 4.47. The van der Waals surface area contributed by atoms with Gasteiger partial charge in [-0.05, 0) is 37.8 Å². The van der Waals surface area contributed by atoms with Gasteiger partial charge < -0.3 is 15.3 Å². The van der Waals surface area contributed by atoms with Gasteiger partial charge in [0.15, 0.2) is 0 Å². The van der Waals surface area contributed by atoms with Crippen molar-refractivity contribution < 1.29 is 19.5 Å². The number of fused-ring (bicyclic) bond motifs is 1. The van der Waals surface area contributed by atoms with Gasteiger partial charge in [-0.2, -0.15) is 0 Å². The van der Waals surface area contributed by atoms with Gasteiger partial charge in [0.2, 0.25) is 5.91 Å². The van der Waals surface area contributed by atoms with E-state index in [9.17, 15) is 14.4 Å².